The highest BCUT2D eigenvalue weighted by molar-refractivity contribution is 6.09. The van der Waals surface area contributed by atoms with Gasteiger partial charge in [0.15, 0.2) is 0 Å². The third kappa shape index (κ3) is 9.25. The number of aryl methyl sites for hydroxylation is 1. The summed E-state index contributed by atoms with van der Waals surface area (Å²) in [5.41, 5.74) is 8.38. The number of hydrogen-bond donors (Lipinski definition) is 4. The fraction of sp³-hybridized carbons (Fsp3) is 0.500. The standard InChI is InChI=1S/C27H35F3N6O.C3H8/c1-3-19-6-9-21(10-7-19)34-26-20(15-33-24(35-26)17-36-13-14-37-18(2)16-36)8-11-23(31)25-22(27(28,29)30)5-4-12-32-25;1-3-2/h4-12,18,24-25,32-33H,3,13-17,31H2,1-2H3,(H,34,35);3H2,1-2H3/b20-8+,23-11-;/t18-,24?,25?;/m0./s1. The van der Waals surface area contributed by atoms with E-state index in [1.807, 2.05) is 12.1 Å². The zero-order chi connectivity index (χ0) is 29.1. The Labute approximate surface area is 236 Å². The number of rotatable bonds is 6. The number of hydrogen-bond acceptors (Lipinski definition) is 7. The van der Waals surface area contributed by atoms with E-state index < -0.39 is 17.8 Å². The maximum absolute atomic E-state index is 13.5. The highest BCUT2D eigenvalue weighted by Gasteiger charge is 2.39. The van der Waals surface area contributed by atoms with Crippen LogP contribution in [0.5, 0.6) is 0 Å². The molecule has 1 aromatic carbocycles. The molecule has 0 spiro atoms. The monoisotopic (exact) mass is 560 g/mol. The molecule has 2 unspecified atom stereocenters. The second-order valence-electron chi connectivity index (χ2n) is 10.1. The van der Waals surface area contributed by atoms with E-state index in [0.29, 0.717) is 19.0 Å². The number of morpholine rings is 1. The van der Waals surface area contributed by atoms with Crippen LogP contribution >= 0.6 is 0 Å². The molecule has 0 saturated carbocycles. The fourth-order valence-corrected chi connectivity index (χ4v) is 4.53. The molecule has 1 saturated heterocycles. The van der Waals surface area contributed by atoms with Crippen LogP contribution in [-0.2, 0) is 11.2 Å². The van der Waals surface area contributed by atoms with Gasteiger partial charge in [0.2, 0.25) is 0 Å². The minimum absolute atomic E-state index is 0.0662. The largest absolute Gasteiger partial charge is 0.415 e. The van der Waals surface area contributed by atoms with Crippen LogP contribution < -0.4 is 21.7 Å². The van der Waals surface area contributed by atoms with Gasteiger partial charge in [-0.25, -0.2) is 4.99 Å². The minimum atomic E-state index is -4.48. The first kappa shape index (κ1) is 31.4. The van der Waals surface area contributed by atoms with E-state index in [-0.39, 0.29) is 18.0 Å². The van der Waals surface area contributed by atoms with Gasteiger partial charge in [0.1, 0.15) is 12.0 Å². The Bertz CT molecular complexity index is 1110. The molecule has 10 heteroatoms. The van der Waals surface area contributed by atoms with Crippen LogP contribution in [0.2, 0.25) is 0 Å². The molecule has 1 aromatic rings. The average Bonchev–Trinajstić information content (AvgIpc) is 2.93. The molecule has 3 aliphatic heterocycles. The van der Waals surface area contributed by atoms with Gasteiger partial charge in [-0.1, -0.05) is 51.5 Å². The van der Waals surface area contributed by atoms with Crippen LogP contribution in [-0.4, -0.2) is 68.0 Å². The van der Waals surface area contributed by atoms with Gasteiger partial charge < -0.3 is 21.1 Å². The lowest BCUT2D eigenvalue weighted by Crippen LogP contribution is -2.50. The topological polar surface area (TPSA) is 86.9 Å². The first-order chi connectivity index (χ1) is 19.1. The summed E-state index contributed by atoms with van der Waals surface area (Å²) >= 11 is 0. The molecule has 3 heterocycles. The second kappa shape index (κ2) is 15.1. The van der Waals surface area contributed by atoms with E-state index in [1.54, 1.807) is 6.08 Å². The Morgan fingerprint density at radius 2 is 1.95 bits per heavy atom. The zero-order valence-electron chi connectivity index (χ0n) is 23.9. The highest BCUT2D eigenvalue weighted by atomic mass is 19.4. The van der Waals surface area contributed by atoms with Crippen molar-refractivity contribution in [3.63, 3.8) is 0 Å². The Balaban J connectivity index is 0.00000141. The molecule has 1 fully saturated rings. The van der Waals surface area contributed by atoms with E-state index >= 15 is 0 Å². The van der Waals surface area contributed by atoms with Gasteiger partial charge in [-0.2, -0.15) is 13.2 Å². The molecule has 0 bridgehead atoms. The normalized spacial score (nSPS) is 24.9. The Morgan fingerprint density at radius 3 is 2.60 bits per heavy atom. The second-order valence-corrected chi connectivity index (χ2v) is 10.1. The van der Waals surface area contributed by atoms with Crippen LogP contribution in [0.25, 0.3) is 0 Å². The number of nitrogens with two attached hydrogens (primary N) is 1. The number of halogens is 3. The number of amidine groups is 1. The number of nitrogens with zero attached hydrogens (tertiary/aromatic N) is 2. The van der Waals surface area contributed by atoms with Crippen molar-refractivity contribution >= 4 is 11.5 Å². The number of aliphatic imine (C=N–C) groups is 1. The minimum Gasteiger partial charge on any atom is -0.400 e. The van der Waals surface area contributed by atoms with Crippen molar-refractivity contribution in [2.75, 3.05) is 38.1 Å². The van der Waals surface area contributed by atoms with E-state index in [2.05, 4.69) is 60.7 Å². The van der Waals surface area contributed by atoms with Gasteiger partial charge in [-0.05, 0) is 49.4 Å². The van der Waals surface area contributed by atoms with Crippen molar-refractivity contribution in [3.05, 3.63) is 77.2 Å². The Kier molecular flexibility index (Phi) is 11.8. The highest BCUT2D eigenvalue weighted by Crippen LogP contribution is 2.31. The van der Waals surface area contributed by atoms with Gasteiger partial charge in [0.05, 0.1) is 24.3 Å². The molecule has 7 nitrogen and oxygen atoms in total. The third-order valence-corrected chi connectivity index (χ3v) is 6.58. The number of nitrogens with one attached hydrogen (secondary N) is 3. The summed E-state index contributed by atoms with van der Waals surface area (Å²) in [6.45, 7) is 12.0. The molecule has 0 aromatic heterocycles. The number of anilines is 1. The lowest BCUT2D eigenvalue weighted by molar-refractivity contribution is -0.0954. The van der Waals surface area contributed by atoms with Crippen molar-refractivity contribution in [1.29, 1.82) is 0 Å². The predicted molar refractivity (Wildman–Crippen MR) is 157 cm³/mol. The van der Waals surface area contributed by atoms with Crippen molar-refractivity contribution < 1.29 is 17.9 Å². The smallest absolute Gasteiger partial charge is 0.400 e. The summed E-state index contributed by atoms with van der Waals surface area (Å²) in [6.07, 6.45) is 4.84. The summed E-state index contributed by atoms with van der Waals surface area (Å²) in [7, 11) is 0. The van der Waals surface area contributed by atoms with E-state index in [9.17, 15) is 13.2 Å². The van der Waals surface area contributed by atoms with Crippen LogP contribution in [0, 0.1) is 0 Å². The van der Waals surface area contributed by atoms with Crippen LogP contribution in [0.1, 0.15) is 39.7 Å². The third-order valence-electron chi connectivity index (χ3n) is 6.58. The fourth-order valence-electron chi connectivity index (χ4n) is 4.53. The van der Waals surface area contributed by atoms with Crippen LogP contribution in [0.15, 0.2) is 76.6 Å². The van der Waals surface area contributed by atoms with E-state index in [1.165, 1.54) is 30.3 Å². The summed E-state index contributed by atoms with van der Waals surface area (Å²) in [6, 6.07) is 6.98. The average molecular weight is 561 g/mol. The molecular weight excluding hydrogens is 517 g/mol. The molecule has 3 atom stereocenters. The molecule has 40 heavy (non-hydrogen) atoms. The number of dihydropyridines is 1. The first-order valence-electron chi connectivity index (χ1n) is 14.0. The quantitative estimate of drug-likeness (QED) is 0.397. The van der Waals surface area contributed by atoms with Gasteiger partial charge >= 0.3 is 6.18 Å². The number of allylic oxidation sites excluding steroid dienone is 4. The number of benzene rings is 1. The molecule has 5 N–H and O–H groups in total. The SMILES string of the molecule is CCC.CCc1ccc(NC2=NC(CN3CCO[C@@H](C)C3)NC/C2=C\C=C(/N)C2NC=CC=C2C(F)(F)F)cc1. The maximum atomic E-state index is 13.5. The van der Waals surface area contributed by atoms with Crippen molar-refractivity contribution in [3.8, 4) is 0 Å². The Morgan fingerprint density at radius 1 is 1.23 bits per heavy atom. The van der Waals surface area contributed by atoms with Crippen LogP contribution in [0.3, 0.4) is 0 Å². The molecule has 0 aliphatic carbocycles. The molecule has 220 valence electrons. The first-order valence-corrected chi connectivity index (χ1v) is 14.0. The van der Waals surface area contributed by atoms with Crippen molar-refractivity contribution in [2.45, 2.75) is 65.0 Å². The molecular formula is C30H43F3N6O. The van der Waals surface area contributed by atoms with Crippen LogP contribution in [0.4, 0.5) is 18.9 Å². The zero-order valence-corrected chi connectivity index (χ0v) is 23.9. The van der Waals surface area contributed by atoms with E-state index in [4.69, 9.17) is 15.5 Å². The van der Waals surface area contributed by atoms with Crippen molar-refractivity contribution in [1.82, 2.24) is 15.5 Å². The van der Waals surface area contributed by atoms with Gasteiger partial charge in [-0.15, -0.1) is 0 Å². The van der Waals surface area contributed by atoms with E-state index in [0.717, 1.165) is 43.4 Å². The number of alkyl halides is 3. The van der Waals surface area contributed by atoms with Gasteiger partial charge in [0.25, 0.3) is 0 Å². The van der Waals surface area contributed by atoms with Gasteiger partial charge in [-0.3, -0.25) is 10.2 Å². The lowest BCUT2D eigenvalue weighted by atomic mass is 10.00. The summed E-state index contributed by atoms with van der Waals surface area (Å²) in [5.74, 6) is 0.668. The predicted octanol–water partition coefficient (Wildman–Crippen LogP) is 4.87. The van der Waals surface area contributed by atoms with Gasteiger partial charge in [0, 0.05) is 43.1 Å². The maximum Gasteiger partial charge on any atom is 0.415 e. The molecule has 3 aliphatic rings. The molecule has 0 amide bonds. The molecule has 0 radical (unpaired) electrons. The molecule has 4 rings (SSSR count). The number of ether oxygens (including phenoxy) is 1. The lowest BCUT2D eigenvalue weighted by Gasteiger charge is -2.34. The summed E-state index contributed by atoms with van der Waals surface area (Å²) < 4.78 is 46.1. The summed E-state index contributed by atoms with van der Waals surface area (Å²) in [4.78, 5) is 7.24. The summed E-state index contributed by atoms with van der Waals surface area (Å²) in [5, 5.41) is 9.55. The van der Waals surface area contributed by atoms with Crippen molar-refractivity contribution in [2.24, 2.45) is 10.7 Å². The Hall–Kier alpha value is -3.08.